The lowest BCUT2D eigenvalue weighted by molar-refractivity contribution is -0.166. The quantitative estimate of drug-likeness (QED) is 0.448. The van der Waals surface area contributed by atoms with E-state index in [0.717, 1.165) is 51.4 Å². The Morgan fingerprint density at radius 2 is 1.58 bits per heavy atom. The van der Waals surface area contributed by atoms with Gasteiger partial charge in [-0.15, -0.1) is 0 Å². The van der Waals surface area contributed by atoms with Crippen LogP contribution in [0.15, 0.2) is 23.3 Å². The Kier molecular flexibility index (Phi) is 5.01. The molecule has 184 valence electrons. The molecule has 0 aromatic carbocycles. The molecule has 0 heterocycles. The van der Waals surface area contributed by atoms with Gasteiger partial charge in [-0.3, -0.25) is 4.79 Å². The molecule has 5 aliphatic rings. The van der Waals surface area contributed by atoms with E-state index >= 15 is 0 Å². The fourth-order valence-corrected chi connectivity index (χ4v) is 10.2. The van der Waals surface area contributed by atoms with Crippen molar-refractivity contribution < 1.29 is 15.0 Å². The molecule has 5 aliphatic carbocycles. The number of carboxylic acid groups (broad SMARTS) is 1. The van der Waals surface area contributed by atoms with Crippen LogP contribution in [0.4, 0.5) is 0 Å². The van der Waals surface area contributed by atoms with Crippen molar-refractivity contribution in [3.05, 3.63) is 23.3 Å². The Labute approximate surface area is 201 Å². The summed E-state index contributed by atoms with van der Waals surface area (Å²) >= 11 is 0. The molecule has 0 radical (unpaired) electrons. The molecule has 3 nitrogen and oxygen atoms in total. The lowest BCUT2D eigenvalue weighted by Crippen LogP contribution is -2.62. The Morgan fingerprint density at radius 1 is 0.879 bits per heavy atom. The molecule has 0 aliphatic heterocycles. The minimum atomic E-state index is -0.586. The summed E-state index contributed by atoms with van der Waals surface area (Å²) in [5.74, 6) is 1.03. The Bertz CT molecular complexity index is 929. The van der Waals surface area contributed by atoms with Crippen LogP contribution >= 0.6 is 0 Å². The third-order valence-electron chi connectivity index (χ3n) is 12.8. The molecule has 0 bridgehead atoms. The van der Waals surface area contributed by atoms with Gasteiger partial charge in [0.25, 0.3) is 0 Å². The maximum Gasteiger partial charge on any atom is 0.310 e. The lowest BCUT2D eigenvalue weighted by atomic mass is 9.35. The first-order valence-corrected chi connectivity index (χ1v) is 13.6. The number of allylic oxidation sites excluding steroid dienone is 4. The van der Waals surface area contributed by atoms with Crippen molar-refractivity contribution >= 4 is 5.97 Å². The largest absolute Gasteiger partial charge is 0.481 e. The number of carbonyl (C=O) groups is 1. The topological polar surface area (TPSA) is 57.5 Å². The highest BCUT2D eigenvalue weighted by atomic mass is 16.4. The fourth-order valence-electron chi connectivity index (χ4n) is 10.2. The van der Waals surface area contributed by atoms with E-state index in [-0.39, 0.29) is 33.7 Å². The molecule has 4 saturated carbocycles. The second kappa shape index (κ2) is 6.99. The number of carboxylic acids is 1. The first kappa shape index (κ1) is 23.6. The van der Waals surface area contributed by atoms with E-state index in [0.29, 0.717) is 17.8 Å². The number of aliphatic hydroxyl groups is 1. The monoisotopic (exact) mass is 454 g/mol. The average Bonchev–Trinajstić information content (AvgIpc) is 2.74. The molecular formula is C30H46O3. The van der Waals surface area contributed by atoms with E-state index in [1.165, 1.54) is 5.57 Å². The van der Waals surface area contributed by atoms with Crippen molar-refractivity contribution in [2.75, 3.05) is 0 Å². The van der Waals surface area contributed by atoms with Gasteiger partial charge in [0.2, 0.25) is 0 Å². The van der Waals surface area contributed by atoms with Crippen LogP contribution in [-0.2, 0) is 4.79 Å². The van der Waals surface area contributed by atoms with Gasteiger partial charge in [0.05, 0.1) is 11.5 Å². The number of hydrogen-bond donors (Lipinski definition) is 2. The highest BCUT2D eigenvalue weighted by molar-refractivity contribution is 5.77. The SMILES string of the molecule is C[C@@H]1CC[C@]2(C(=O)O)CC[C@]3(C)C(=CC=C4[C@@]5(C)CC[C@H](O)C(C)(C)C5CC[C@]43C)C2[C@H]1C. The zero-order valence-corrected chi connectivity index (χ0v) is 22.0. The second-order valence-electron chi connectivity index (χ2n) is 14.1. The first-order valence-electron chi connectivity index (χ1n) is 13.6. The zero-order valence-electron chi connectivity index (χ0n) is 22.0. The zero-order chi connectivity index (χ0) is 24.2. The van der Waals surface area contributed by atoms with Crippen molar-refractivity contribution in [1.29, 1.82) is 0 Å². The van der Waals surface area contributed by atoms with Crippen LogP contribution in [0, 0.1) is 50.7 Å². The van der Waals surface area contributed by atoms with Crippen LogP contribution in [-0.4, -0.2) is 22.3 Å². The summed E-state index contributed by atoms with van der Waals surface area (Å²) in [6.07, 6.45) is 12.5. The van der Waals surface area contributed by atoms with E-state index < -0.39 is 11.4 Å². The Balaban J connectivity index is 1.67. The van der Waals surface area contributed by atoms with Crippen molar-refractivity contribution in [1.82, 2.24) is 0 Å². The van der Waals surface area contributed by atoms with E-state index in [9.17, 15) is 15.0 Å². The Hall–Kier alpha value is -1.09. The maximum atomic E-state index is 12.8. The summed E-state index contributed by atoms with van der Waals surface area (Å²) in [7, 11) is 0. The molecule has 33 heavy (non-hydrogen) atoms. The molecule has 9 atom stereocenters. The molecule has 0 amide bonds. The smallest absolute Gasteiger partial charge is 0.310 e. The van der Waals surface area contributed by atoms with Crippen LogP contribution in [0.5, 0.6) is 0 Å². The minimum absolute atomic E-state index is 0.0141. The predicted molar refractivity (Wildman–Crippen MR) is 133 cm³/mol. The molecule has 2 N–H and O–H groups in total. The maximum absolute atomic E-state index is 12.8. The number of aliphatic hydroxyl groups excluding tert-OH is 1. The Morgan fingerprint density at radius 3 is 2.24 bits per heavy atom. The summed E-state index contributed by atoms with van der Waals surface area (Å²) in [5, 5.41) is 21.4. The predicted octanol–water partition coefficient (Wildman–Crippen LogP) is 7.01. The van der Waals surface area contributed by atoms with Gasteiger partial charge in [-0.1, -0.05) is 71.8 Å². The standard InChI is InChI=1S/C30H46O3/c1-18-10-15-30(25(32)33)17-16-28(6)20(24(30)19(18)2)8-9-22-27(5)13-12-23(31)26(3,4)21(27)11-14-29(22,28)7/h8-9,18-19,21,23-24,31H,10-17H2,1-7H3,(H,32,33)/t18-,19+,21?,23+,24?,27+,28-,29-,30+/m1/s1. The molecule has 0 aromatic heterocycles. The summed E-state index contributed by atoms with van der Waals surface area (Å²) in [5.41, 5.74) is 2.56. The van der Waals surface area contributed by atoms with Crippen molar-refractivity contribution in [3.8, 4) is 0 Å². The molecule has 0 aromatic rings. The van der Waals surface area contributed by atoms with Crippen LogP contribution in [0.2, 0.25) is 0 Å². The van der Waals surface area contributed by atoms with Crippen molar-refractivity contribution in [3.63, 3.8) is 0 Å². The third-order valence-corrected chi connectivity index (χ3v) is 12.8. The van der Waals surface area contributed by atoms with Gasteiger partial charge in [-0.2, -0.15) is 0 Å². The fraction of sp³-hybridized carbons (Fsp3) is 0.833. The summed E-state index contributed by atoms with van der Waals surface area (Å²) in [4.78, 5) is 12.8. The van der Waals surface area contributed by atoms with Crippen LogP contribution in [0.3, 0.4) is 0 Å². The molecular weight excluding hydrogens is 408 g/mol. The van der Waals surface area contributed by atoms with Crippen molar-refractivity contribution in [2.24, 2.45) is 50.7 Å². The average molecular weight is 455 g/mol. The highest BCUT2D eigenvalue weighted by Gasteiger charge is 2.67. The summed E-state index contributed by atoms with van der Waals surface area (Å²) in [6.45, 7) is 16.7. The van der Waals surface area contributed by atoms with Gasteiger partial charge in [0.1, 0.15) is 0 Å². The van der Waals surface area contributed by atoms with Crippen LogP contribution < -0.4 is 0 Å². The van der Waals surface area contributed by atoms with Gasteiger partial charge >= 0.3 is 5.97 Å². The third kappa shape index (κ3) is 2.69. The molecule has 2 unspecified atom stereocenters. The summed E-state index contributed by atoms with van der Waals surface area (Å²) in [6, 6.07) is 0. The molecule has 0 spiro atoms. The number of aliphatic carboxylic acids is 1. The number of fused-ring (bicyclic) bond motifs is 7. The van der Waals surface area contributed by atoms with E-state index in [2.05, 4.69) is 60.6 Å². The molecule has 4 fully saturated rings. The van der Waals surface area contributed by atoms with E-state index in [1.807, 2.05) is 0 Å². The lowest BCUT2D eigenvalue weighted by Gasteiger charge is -2.68. The first-order chi connectivity index (χ1) is 15.3. The van der Waals surface area contributed by atoms with Gasteiger partial charge in [0, 0.05) is 0 Å². The molecule has 3 heteroatoms. The highest BCUT2D eigenvalue weighted by Crippen LogP contribution is 2.74. The van der Waals surface area contributed by atoms with Crippen LogP contribution in [0.25, 0.3) is 0 Å². The van der Waals surface area contributed by atoms with Crippen LogP contribution in [0.1, 0.15) is 99.8 Å². The van der Waals surface area contributed by atoms with E-state index in [1.54, 1.807) is 5.57 Å². The minimum Gasteiger partial charge on any atom is -0.481 e. The normalized spacial score (nSPS) is 52.9. The van der Waals surface area contributed by atoms with Gasteiger partial charge < -0.3 is 10.2 Å². The number of rotatable bonds is 1. The summed E-state index contributed by atoms with van der Waals surface area (Å²) < 4.78 is 0. The van der Waals surface area contributed by atoms with Crippen molar-refractivity contribution in [2.45, 2.75) is 106 Å². The molecule has 5 rings (SSSR count). The number of hydrogen-bond acceptors (Lipinski definition) is 2. The van der Waals surface area contributed by atoms with Gasteiger partial charge in [-0.05, 0) is 96.7 Å². The van der Waals surface area contributed by atoms with E-state index in [4.69, 9.17) is 0 Å². The van der Waals surface area contributed by atoms with Gasteiger partial charge in [-0.25, -0.2) is 0 Å². The second-order valence-corrected chi connectivity index (χ2v) is 14.1. The van der Waals surface area contributed by atoms with Gasteiger partial charge in [0.15, 0.2) is 0 Å². The molecule has 0 saturated heterocycles.